The van der Waals surface area contributed by atoms with Gasteiger partial charge < -0.3 is 4.90 Å². The van der Waals surface area contributed by atoms with E-state index in [0.29, 0.717) is 5.82 Å². The molecule has 0 N–H and O–H groups in total. The molecule has 4 rings (SSSR count). The number of halogens is 5. The van der Waals surface area contributed by atoms with Crippen molar-refractivity contribution >= 4 is 28.3 Å². The van der Waals surface area contributed by atoms with Crippen LogP contribution in [0.1, 0.15) is 12.2 Å². The molecule has 1 saturated heterocycles. The molecule has 0 radical (unpaired) electrons. The average molecular weight is 441 g/mol. The minimum absolute atomic E-state index is 0.0280. The number of benzene rings is 1. The molecular formula is C20H17ClF4N4O. The molecule has 3 aromatic rings. The third kappa shape index (κ3) is 3.51. The van der Waals surface area contributed by atoms with E-state index in [0.717, 1.165) is 6.07 Å². The number of hydrogen-bond donors (Lipinski definition) is 0. The van der Waals surface area contributed by atoms with Gasteiger partial charge in [-0.3, -0.25) is 9.36 Å². The molecule has 1 aromatic carbocycles. The van der Waals surface area contributed by atoms with Crippen LogP contribution in [0.3, 0.4) is 0 Å². The zero-order valence-electron chi connectivity index (χ0n) is 16.1. The maximum Gasteiger partial charge on any atom is 0.393 e. The highest BCUT2D eigenvalue weighted by molar-refractivity contribution is 6.30. The highest BCUT2D eigenvalue weighted by Gasteiger charge is 2.44. The van der Waals surface area contributed by atoms with Gasteiger partial charge >= 0.3 is 6.18 Å². The predicted molar refractivity (Wildman–Crippen MR) is 106 cm³/mol. The van der Waals surface area contributed by atoms with Gasteiger partial charge in [0.15, 0.2) is 0 Å². The van der Waals surface area contributed by atoms with Gasteiger partial charge in [0.1, 0.15) is 17.5 Å². The Bertz CT molecular complexity index is 1210. The van der Waals surface area contributed by atoms with Crippen molar-refractivity contribution in [3.63, 3.8) is 0 Å². The van der Waals surface area contributed by atoms with Crippen LogP contribution in [0, 0.1) is 18.7 Å². The molecule has 1 fully saturated rings. The summed E-state index contributed by atoms with van der Waals surface area (Å²) in [5.41, 5.74) is -0.114. The van der Waals surface area contributed by atoms with Gasteiger partial charge in [0, 0.05) is 36.8 Å². The maximum atomic E-state index is 14.7. The van der Waals surface area contributed by atoms with Crippen LogP contribution in [0.4, 0.5) is 23.4 Å². The van der Waals surface area contributed by atoms with Gasteiger partial charge in [-0.2, -0.15) is 13.2 Å². The highest BCUT2D eigenvalue weighted by Crippen LogP contribution is 2.37. The molecule has 1 aliphatic rings. The SMILES string of the molecule is Cc1nc2cc(N3CC[C@@H](C(F)(F)F)C3)nc(-c3ccc(Cl)cc3F)c2c(=O)n1C. The Kier molecular flexibility index (Phi) is 4.96. The molecule has 0 saturated carbocycles. The highest BCUT2D eigenvalue weighted by atomic mass is 35.5. The van der Waals surface area contributed by atoms with E-state index in [1.165, 1.54) is 34.7 Å². The number of hydrogen-bond acceptors (Lipinski definition) is 4. The van der Waals surface area contributed by atoms with E-state index in [2.05, 4.69) is 9.97 Å². The molecule has 5 nitrogen and oxygen atoms in total. The second kappa shape index (κ2) is 7.23. The van der Waals surface area contributed by atoms with E-state index in [1.807, 2.05) is 0 Å². The Morgan fingerprint density at radius 3 is 2.57 bits per heavy atom. The third-order valence-corrected chi connectivity index (χ3v) is 5.67. The zero-order valence-corrected chi connectivity index (χ0v) is 16.9. The van der Waals surface area contributed by atoms with Gasteiger partial charge in [0.05, 0.1) is 22.5 Å². The average Bonchev–Trinajstić information content (AvgIpc) is 3.16. The van der Waals surface area contributed by atoms with E-state index in [9.17, 15) is 22.4 Å². The van der Waals surface area contributed by atoms with Crippen LogP contribution in [0.2, 0.25) is 5.02 Å². The standard InChI is InChI=1S/C20H17ClF4N4O/c1-10-26-15-8-16(29-6-5-11(9-29)20(23,24)25)27-18(17(15)19(30)28(10)2)13-4-3-12(21)7-14(13)22/h3-4,7-8,11H,5-6,9H2,1-2H3/t11-/m1/s1. The molecule has 1 atom stereocenters. The maximum absolute atomic E-state index is 14.7. The Morgan fingerprint density at radius 2 is 1.93 bits per heavy atom. The molecule has 3 heterocycles. The molecule has 2 aromatic heterocycles. The fraction of sp³-hybridized carbons (Fsp3) is 0.350. The summed E-state index contributed by atoms with van der Waals surface area (Å²) in [5, 5.41) is 0.269. The summed E-state index contributed by atoms with van der Waals surface area (Å²) in [5.74, 6) is -1.52. The van der Waals surface area contributed by atoms with E-state index in [4.69, 9.17) is 11.6 Å². The minimum atomic E-state index is -4.30. The van der Waals surface area contributed by atoms with Crippen molar-refractivity contribution in [3.8, 4) is 11.3 Å². The van der Waals surface area contributed by atoms with Crippen LogP contribution >= 0.6 is 11.6 Å². The zero-order chi connectivity index (χ0) is 21.8. The first-order valence-corrected chi connectivity index (χ1v) is 9.59. The Morgan fingerprint density at radius 1 is 1.20 bits per heavy atom. The molecule has 0 amide bonds. The lowest BCUT2D eigenvalue weighted by atomic mass is 10.1. The summed E-state index contributed by atoms with van der Waals surface area (Å²) >= 11 is 5.84. The van der Waals surface area contributed by atoms with Crippen LogP contribution < -0.4 is 10.5 Å². The first-order valence-electron chi connectivity index (χ1n) is 9.21. The molecule has 30 heavy (non-hydrogen) atoms. The predicted octanol–water partition coefficient (Wildman–Crippen LogP) is 4.49. The van der Waals surface area contributed by atoms with Crippen molar-refractivity contribution in [1.29, 1.82) is 0 Å². The number of fused-ring (bicyclic) bond motifs is 1. The van der Waals surface area contributed by atoms with E-state index >= 15 is 0 Å². The quantitative estimate of drug-likeness (QED) is 0.551. The lowest BCUT2D eigenvalue weighted by Crippen LogP contribution is -2.28. The van der Waals surface area contributed by atoms with Crippen molar-refractivity contribution in [2.75, 3.05) is 18.0 Å². The van der Waals surface area contributed by atoms with Gasteiger partial charge in [-0.15, -0.1) is 0 Å². The normalized spacial score (nSPS) is 17.2. The number of aryl methyl sites for hydroxylation is 1. The minimum Gasteiger partial charge on any atom is -0.356 e. The molecule has 0 bridgehead atoms. The number of pyridine rings is 1. The van der Waals surface area contributed by atoms with Crippen molar-refractivity contribution in [3.05, 3.63) is 51.3 Å². The van der Waals surface area contributed by atoms with E-state index < -0.39 is 23.5 Å². The lowest BCUT2D eigenvalue weighted by Gasteiger charge is -2.20. The summed E-state index contributed by atoms with van der Waals surface area (Å²) in [4.78, 5) is 23.2. The van der Waals surface area contributed by atoms with Crippen molar-refractivity contribution in [2.24, 2.45) is 13.0 Å². The van der Waals surface area contributed by atoms with Crippen LogP contribution in [-0.2, 0) is 7.05 Å². The molecule has 158 valence electrons. The fourth-order valence-corrected chi connectivity index (χ4v) is 3.81. The molecule has 1 aliphatic heterocycles. The number of alkyl halides is 3. The van der Waals surface area contributed by atoms with E-state index in [-0.39, 0.29) is 52.5 Å². The Hall–Kier alpha value is -2.68. The summed E-state index contributed by atoms with van der Waals surface area (Å²) in [6.45, 7) is 1.53. The third-order valence-electron chi connectivity index (χ3n) is 5.43. The van der Waals surface area contributed by atoms with Gasteiger partial charge in [-0.1, -0.05) is 11.6 Å². The molecule has 0 unspecified atom stereocenters. The molecule has 10 heteroatoms. The number of aromatic nitrogens is 3. The Labute approximate surface area is 173 Å². The van der Waals surface area contributed by atoms with Crippen molar-refractivity contribution in [1.82, 2.24) is 14.5 Å². The van der Waals surface area contributed by atoms with Gasteiger partial charge in [-0.25, -0.2) is 14.4 Å². The number of anilines is 1. The smallest absolute Gasteiger partial charge is 0.356 e. The summed E-state index contributed by atoms with van der Waals surface area (Å²) in [6.07, 6.45) is -4.36. The largest absolute Gasteiger partial charge is 0.393 e. The number of nitrogens with zero attached hydrogens (tertiary/aromatic N) is 4. The first-order chi connectivity index (χ1) is 14.1. The van der Waals surface area contributed by atoms with Crippen LogP contribution in [0.15, 0.2) is 29.1 Å². The first kappa shape index (κ1) is 20.6. The van der Waals surface area contributed by atoms with Crippen molar-refractivity contribution < 1.29 is 17.6 Å². The summed E-state index contributed by atoms with van der Waals surface area (Å²) in [7, 11) is 1.54. The van der Waals surface area contributed by atoms with Crippen LogP contribution in [0.25, 0.3) is 22.2 Å². The summed E-state index contributed by atoms with van der Waals surface area (Å²) < 4.78 is 55.4. The fourth-order valence-electron chi connectivity index (χ4n) is 3.66. The molecule has 0 spiro atoms. The second-order valence-electron chi connectivity index (χ2n) is 7.34. The van der Waals surface area contributed by atoms with Crippen molar-refractivity contribution in [2.45, 2.75) is 19.5 Å². The Balaban J connectivity index is 1.95. The van der Waals surface area contributed by atoms with Crippen LogP contribution in [-0.4, -0.2) is 33.8 Å². The topological polar surface area (TPSA) is 51.0 Å². The second-order valence-corrected chi connectivity index (χ2v) is 7.78. The van der Waals surface area contributed by atoms with Gasteiger partial charge in [-0.05, 0) is 31.5 Å². The monoisotopic (exact) mass is 440 g/mol. The van der Waals surface area contributed by atoms with Crippen LogP contribution in [0.5, 0.6) is 0 Å². The van der Waals surface area contributed by atoms with Gasteiger partial charge in [0.2, 0.25) is 0 Å². The number of rotatable bonds is 2. The lowest BCUT2D eigenvalue weighted by molar-refractivity contribution is -0.168. The van der Waals surface area contributed by atoms with Gasteiger partial charge in [0.25, 0.3) is 5.56 Å². The summed E-state index contributed by atoms with van der Waals surface area (Å²) in [6, 6.07) is 5.44. The molecular weight excluding hydrogens is 424 g/mol. The van der Waals surface area contributed by atoms with E-state index in [1.54, 1.807) is 6.92 Å². The molecule has 0 aliphatic carbocycles.